The minimum absolute atomic E-state index is 0.0887. The third kappa shape index (κ3) is 3.06. The molecule has 0 fully saturated rings. The highest BCUT2D eigenvalue weighted by Gasteiger charge is 2.12. The van der Waals surface area contributed by atoms with Crippen molar-refractivity contribution in [1.29, 1.82) is 0 Å². The van der Waals surface area contributed by atoms with Gasteiger partial charge in [0, 0.05) is 12.2 Å². The number of carbonyl (C=O) groups is 1. The van der Waals surface area contributed by atoms with E-state index in [0.29, 0.717) is 5.82 Å². The van der Waals surface area contributed by atoms with Crippen LogP contribution in [0.3, 0.4) is 0 Å². The Bertz CT molecular complexity index is 369. The fraction of sp³-hybridized carbons (Fsp3) is 0.444. The second-order valence-corrected chi connectivity index (χ2v) is 3.56. The zero-order valence-corrected chi connectivity index (χ0v) is 9.38. The molecule has 0 bridgehead atoms. The van der Waals surface area contributed by atoms with E-state index >= 15 is 0 Å². The van der Waals surface area contributed by atoms with Crippen molar-refractivity contribution in [2.45, 2.75) is 26.3 Å². The molecule has 0 aliphatic rings. The molecule has 0 radical (unpaired) electrons. The number of halogens is 1. The zero-order chi connectivity index (χ0) is 11.4. The van der Waals surface area contributed by atoms with Crippen LogP contribution in [0.4, 0.5) is 5.82 Å². The van der Waals surface area contributed by atoms with Gasteiger partial charge in [0.05, 0.1) is 5.56 Å². The van der Waals surface area contributed by atoms with Crippen LogP contribution in [0.25, 0.3) is 0 Å². The lowest BCUT2D eigenvalue weighted by molar-refractivity contribution is 0.100. The molecule has 1 aromatic rings. The van der Waals surface area contributed by atoms with Gasteiger partial charge in [-0.1, -0.05) is 6.92 Å². The largest absolute Gasteiger partial charge is 0.367 e. The average Bonchev–Trinajstić information content (AvgIpc) is 2.17. The summed E-state index contributed by atoms with van der Waals surface area (Å²) in [7, 11) is 0. The molecule has 1 atom stereocenters. The van der Waals surface area contributed by atoms with Gasteiger partial charge in [0.15, 0.2) is 0 Å². The van der Waals surface area contributed by atoms with Crippen LogP contribution in [-0.4, -0.2) is 21.9 Å². The Hall–Kier alpha value is -1.36. The monoisotopic (exact) mass is 228 g/mol. The minimum atomic E-state index is -0.572. The highest BCUT2D eigenvalue weighted by Crippen LogP contribution is 2.15. The molecule has 5 nitrogen and oxygen atoms in total. The fourth-order valence-electron chi connectivity index (χ4n) is 0.986. The standard InChI is InChI=1S/C9H13ClN4O/c1-3-5(2)13-8-6(7(11)15)4-12-9(10)14-8/h4-5H,3H2,1-2H3,(H2,11,15)(H,12,13,14). The molecule has 0 saturated heterocycles. The van der Waals surface area contributed by atoms with E-state index in [0.717, 1.165) is 6.42 Å². The first-order valence-electron chi connectivity index (χ1n) is 4.63. The molecule has 1 unspecified atom stereocenters. The summed E-state index contributed by atoms with van der Waals surface area (Å²) >= 11 is 5.63. The second kappa shape index (κ2) is 4.93. The van der Waals surface area contributed by atoms with Gasteiger partial charge in [-0.2, -0.15) is 4.98 Å². The molecule has 6 heteroatoms. The molecule has 3 N–H and O–H groups in total. The number of primary amides is 1. The predicted molar refractivity (Wildman–Crippen MR) is 58.9 cm³/mol. The van der Waals surface area contributed by atoms with Gasteiger partial charge in [0.2, 0.25) is 5.28 Å². The SMILES string of the molecule is CCC(C)Nc1nc(Cl)ncc1C(N)=O. The first kappa shape index (κ1) is 11.7. The summed E-state index contributed by atoms with van der Waals surface area (Å²) in [5.41, 5.74) is 5.43. The zero-order valence-electron chi connectivity index (χ0n) is 8.62. The molecule has 1 heterocycles. The van der Waals surface area contributed by atoms with E-state index in [-0.39, 0.29) is 16.9 Å². The molecule has 1 aromatic heterocycles. The summed E-state index contributed by atoms with van der Waals surface area (Å²) in [6.45, 7) is 3.99. The quantitative estimate of drug-likeness (QED) is 0.765. The van der Waals surface area contributed by atoms with Crippen molar-refractivity contribution in [3.8, 4) is 0 Å². The van der Waals surface area contributed by atoms with Crippen molar-refractivity contribution in [3.05, 3.63) is 17.0 Å². The molecule has 1 amide bonds. The summed E-state index contributed by atoms with van der Waals surface area (Å²) in [5, 5.41) is 3.13. The van der Waals surface area contributed by atoms with Crippen LogP contribution < -0.4 is 11.1 Å². The van der Waals surface area contributed by atoms with Crippen LogP contribution in [-0.2, 0) is 0 Å². The van der Waals surface area contributed by atoms with E-state index in [9.17, 15) is 4.79 Å². The lowest BCUT2D eigenvalue weighted by Crippen LogP contribution is -2.20. The van der Waals surface area contributed by atoms with Crippen LogP contribution in [0.1, 0.15) is 30.6 Å². The maximum absolute atomic E-state index is 11.1. The molecule has 82 valence electrons. The van der Waals surface area contributed by atoms with Crippen molar-refractivity contribution >= 4 is 23.3 Å². The Labute approximate surface area is 93.0 Å². The van der Waals surface area contributed by atoms with Crippen molar-refractivity contribution < 1.29 is 4.79 Å². The lowest BCUT2D eigenvalue weighted by Gasteiger charge is -2.13. The fourth-order valence-corrected chi connectivity index (χ4v) is 1.12. The summed E-state index contributed by atoms with van der Waals surface area (Å²) in [6, 6.07) is 0.189. The van der Waals surface area contributed by atoms with Gasteiger partial charge in [-0.15, -0.1) is 0 Å². The van der Waals surface area contributed by atoms with Crippen molar-refractivity contribution in [3.63, 3.8) is 0 Å². The Kier molecular flexibility index (Phi) is 3.85. The van der Waals surface area contributed by atoms with Crippen LogP contribution in [0.5, 0.6) is 0 Å². The number of hydrogen-bond donors (Lipinski definition) is 2. The van der Waals surface area contributed by atoms with E-state index in [1.165, 1.54) is 6.20 Å². The molecule has 0 aliphatic heterocycles. The lowest BCUT2D eigenvalue weighted by atomic mass is 10.2. The van der Waals surface area contributed by atoms with Crippen LogP contribution >= 0.6 is 11.6 Å². The molecular weight excluding hydrogens is 216 g/mol. The predicted octanol–water partition coefficient (Wildman–Crippen LogP) is 1.44. The number of amides is 1. The van der Waals surface area contributed by atoms with E-state index in [2.05, 4.69) is 15.3 Å². The highest BCUT2D eigenvalue weighted by molar-refractivity contribution is 6.28. The van der Waals surface area contributed by atoms with E-state index < -0.39 is 5.91 Å². The number of aromatic nitrogens is 2. The van der Waals surface area contributed by atoms with Gasteiger partial charge >= 0.3 is 0 Å². The van der Waals surface area contributed by atoms with Crippen LogP contribution in [0.15, 0.2) is 6.20 Å². The summed E-state index contributed by atoms with van der Waals surface area (Å²) < 4.78 is 0. The Balaban J connectivity index is 3.02. The summed E-state index contributed by atoms with van der Waals surface area (Å²) in [6.07, 6.45) is 2.22. The number of rotatable bonds is 4. The van der Waals surface area contributed by atoms with Gasteiger partial charge in [0.25, 0.3) is 5.91 Å². The Morgan fingerprint density at radius 3 is 2.93 bits per heavy atom. The van der Waals surface area contributed by atoms with Crippen LogP contribution in [0.2, 0.25) is 5.28 Å². The second-order valence-electron chi connectivity index (χ2n) is 3.22. The third-order valence-electron chi connectivity index (χ3n) is 2.02. The highest BCUT2D eigenvalue weighted by atomic mass is 35.5. The van der Waals surface area contributed by atoms with Gasteiger partial charge in [-0.3, -0.25) is 4.79 Å². The van der Waals surface area contributed by atoms with E-state index in [1.807, 2.05) is 13.8 Å². The van der Waals surface area contributed by atoms with Crippen molar-refractivity contribution in [1.82, 2.24) is 9.97 Å². The Morgan fingerprint density at radius 2 is 2.40 bits per heavy atom. The average molecular weight is 229 g/mol. The van der Waals surface area contributed by atoms with Crippen LogP contribution in [0, 0.1) is 0 Å². The molecule has 0 saturated carbocycles. The number of carbonyl (C=O) groups excluding carboxylic acids is 1. The molecule has 0 spiro atoms. The van der Waals surface area contributed by atoms with Crippen molar-refractivity contribution in [2.24, 2.45) is 5.73 Å². The normalized spacial score (nSPS) is 12.2. The first-order valence-corrected chi connectivity index (χ1v) is 5.01. The maximum atomic E-state index is 11.1. The minimum Gasteiger partial charge on any atom is -0.367 e. The van der Waals surface area contributed by atoms with Crippen molar-refractivity contribution in [2.75, 3.05) is 5.32 Å². The maximum Gasteiger partial charge on any atom is 0.254 e. The van der Waals surface area contributed by atoms with E-state index in [1.54, 1.807) is 0 Å². The first-order chi connectivity index (χ1) is 7.04. The van der Waals surface area contributed by atoms with Gasteiger partial charge in [0.1, 0.15) is 5.82 Å². The molecule has 0 aromatic carbocycles. The topological polar surface area (TPSA) is 80.9 Å². The van der Waals surface area contributed by atoms with Gasteiger partial charge < -0.3 is 11.1 Å². The molecular formula is C9H13ClN4O. The number of nitrogens with zero attached hydrogens (tertiary/aromatic N) is 2. The molecule has 0 aliphatic carbocycles. The number of nitrogens with one attached hydrogen (secondary N) is 1. The van der Waals surface area contributed by atoms with E-state index in [4.69, 9.17) is 17.3 Å². The summed E-state index contributed by atoms with van der Waals surface area (Å²) in [4.78, 5) is 18.7. The number of nitrogens with two attached hydrogens (primary N) is 1. The Morgan fingerprint density at radius 1 is 1.73 bits per heavy atom. The smallest absolute Gasteiger partial charge is 0.254 e. The molecule has 15 heavy (non-hydrogen) atoms. The number of hydrogen-bond acceptors (Lipinski definition) is 4. The summed E-state index contributed by atoms with van der Waals surface area (Å²) in [5.74, 6) is -0.186. The molecule has 1 rings (SSSR count). The number of anilines is 1. The van der Waals surface area contributed by atoms with Gasteiger partial charge in [-0.05, 0) is 24.9 Å². The third-order valence-corrected chi connectivity index (χ3v) is 2.20. The van der Waals surface area contributed by atoms with Gasteiger partial charge in [-0.25, -0.2) is 4.98 Å².